The average molecular weight is 538 g/mol. The van der Waals surface area contributed by atoms with Crippen LogP contribution in [0.2, 0.25) is 0 Å². The van der Waals surface area contributed by atoms with E-state index < -0.39 is 48.0 Å². The molecule has 1 aliphatic heterocycles. The second kappa shape index (κ2) is 14.5. The lowest BCUT2D eigenvalue weighted by Gasteiger charge is -2.26. The first-order valence-electron chi connectivity index (χ1n) is 12.9. The molecule has 0 spiro atoms. The van der Waals surface area contributed by atoms with Gasteiger partial charge in [-0.25, -0.2) is 0 Å². The molecule has 2 aromatic rings. The van der Waals surface area contributed by atoms with Crippen molar-refractivity contribution >= 4 is 29.5 Å². The molecule has 2 aromatic carbocycles. The Bertz CT molecular complexity index is 1170. The fourth-order valence-electron chi connectivity index (χ4n) is 4.15. The number of para-hydroxylation sites is 1. The highest BCUT2D eigenvalue weighted by molar-refractivity contribution is 6.01. The minimum absolute atomic E-state index is 0.00333. The summed E-state index contributed by atoms with van der Waals surface area (Å²) in [5.74, 6) is -2.49. The van der Waals surface area contributed by atoms with E-state index in [2.05, 4.69) is 16.0 Å². The van der Waals surface area contributed by atoms with E-state index in [0.717, 1.165) is 12.0 Å². The van der Waals surface area contributed by atoms with Crippen molar-refractivity contribution in [2.45, 2.75) is 44.2 Å². The third kappa shape index (κ3) is 9.13. The summed E-state index contributed by atoms with van der Waals surface area (Å²) in [5.41, 5.74) is 6.58. The van der Waals surface area contributed by atoms with E-state index in [-0.39, 0.29) is 37.3 Å². The normalized spacial score (nSPS) is 18.6. The van der Waals surface area contributed by atoms with Crippen LogP contribution in [0.1, 0.15) is 41.6 Å². The molecule has 5 amide bonds. The smallest absolute Gasteiger partial charge is 0.255 e. The van der Waals surface area contributed by atoms with Gasteiger partial charge in [0, 0.05) is 20.0 Å². The van der Waals surface area contributed by atoms with Crippen LogP contribution in [0.5, 0.6) is 5.75 Å². The number of hydrogen-bond acceptors (Lipinski definition) is 6. The second-order valence-electron chi connectivity index (χ2n) is 9.34. The number of amides is 5. The number of fused-ring (bicyclic) bond motifs is 1. The van der Waals surface area contributed by atoms with E-state index >= 15 is 0 Å². The minimum Gasteiger partial charge on any atom is -0.491 e. The fourth-order valence-corrected chi connectivity index (χ4v) is 4.15. The highest BCUT2D eigenvalue weighted by Gasteiger charge is 2.30. The van der Waals surface area contributed by atoms with Gasteiger partial charge < -0.3 is 31.3 Å². The lowest BCUT2D eigenvalue weighted by molar-refractivity contribution is -0.136. The maximum Gasteiger partial charge on any atom is 0.255 e. The lowest BCUT2D eigenvalue weighted by atomic mass is 10.1. The molecule has 0 bridgehead atoms. The van der Waals surface area contributed by atoms with Crippen molar-refractivity contribution in [3.8, 4) is 5.75 Å². The van der Waals surface area contributed by atoms with E-state index in [1.165, 1.54) is 4.90 Å². The molecule has 11 heteroatoms. The molecule has 1 heterocycles. The number of nitrogens with two attached hydrogens (primary N) is 1. The van der Waals surface area contributed by atoms with E-state index in [1.807, 2.05) is 30.3 Å². The molecular formula is C28H35N5O6. The van der Waals surface area contributed by atoms with Crippen LogP contribution in [0.15, 0.2) is 54.6 Å². The summed E-state index contributed by atoms with van der Waals surface area (Å²) in [6.45, 7) is 0.589. The summed E-state index contributed by atoms with van der Waals surface area (Å²) in [5, 5.41) is 8.03. The number of likely N-dealkylation sites (N-methyl/N-ethyl adjacent to an activating group) is 1. The number of benzene rings is 2. The van der Waals surface area contributed by atoms with Gasteiger partial charge in [-0.2, -0.15) is 0 Å². The zero-order chi connectivity index (χ0) is 28.2. The van der Waals surface area contributed by atoms with Crippen molar-refractivity contribution < 1.29 is 28.7 Å². The monoisotopic (exact) mass is 537 g/mol. The quantitative estimate of drug-likeness (QED) is 0.359. The molecule has 11 nitrogen and oxygen atoms in total. The van der Waals surface area contributed by atoms with Gasteiger partial charge in [-0.1, -0.05) is 42.5 Å². The van der Waals surface area contributed by atoms with Gasteiger partial charge in [-0.05, 0) is 37.0 Å². The zero-order valence-electron chi connectivity index (χ0n) is 22.0. The van der Waals surface area contributed by atoms with Crippen molar-refractivity contribution in [3.05, 3.63) is 65.7 Å². The standard InChI is InChI=1S/C28H35N5O6/c1-33-16-17-39-23-12-6-5-11-20(23)26(36)32-22(18-25(35)31-21(28(33)38)13-14-24(29)34)27(37)30-15-7-10-19-8-3-2-4-9-19/h2-6,8-9,11-12,21-22H,7,10,13-18H2,1H3,(H2,29,34)(H,30,37)(H,31,35)(H,32,36)/t21-,22-/m0/s1. The zero-order valence-corrected chi connectivity index (χ0v) is 22.0. The Labute approximate surface area is 227 Å². The Morgan fingerprint density at radius 2 is 1.77 bits per heavy atom. The third-order valence-electron chi connectivity index (χ3n) is 6.30. The molecule has 0 aliphatic carbocycles. The van der Waals surface area contributed by atoms with Crippen LogP contribution in [0.3, 0.4) is 0 Å². The molecule has 1 aliphatic rings. The van der Waals surface area contributed by atoms with Gasteiger partial charge in [0.25, 0.3) is 5.91 Å². The molecule has 0 unspecified atom stereocenters. The Morgan fingerprint density at radius 1 is 1.05 bits per heavy atom. The highest BCUT2D eigenvalue weighted by atomic mass is 16.5. The predicted molar refractivity (Wildman–Crippen MR) is 144 cm³/mol. The van der Waals surface area contributed by atoms with Crippen LogP contribution in [0.25, 0.3) is 0 Å². The first-order valence-corrected chi connectivity index (χ1v) is 12.9. The number of rotatable bonds is 8. The number of carbonyl (C=O) groups is 5. The number of carbonyl (C=O) groups excluding carboxylic acids is 5. The summed E-state index contributed by atoms with van der Waals surface area (Å²) in [7, 11) is 1.55. The molecule has 0 radical (unpaired) electrons. The van der Waals surface area contributed by atoms with E-state index in [4.69, 9.17) is 10.5 Å². The van der Waals surface area contributed by atoms with Crippen LogP contribution >= 0.6 is 0 Å². The maximum atomic E-state index is 13.2. The van der Waals surface area contributed by atoms with Crippen molar-refractivity contribution in [1.29, 1.82) is 0 Å². The van der Waals surface area contributed by atoms with Gasteiger partial charge in [0.05, 0.1) is 18.5 Å². The first kappa shape index (κ1) is 29.2. The molecule has 3 rings (SSSR count). The minimum atomic E-state index is -1.21. The topological polar surface area (TPSA) is 160 Å². The molecule has 0 fully saturated rings. The summed E-state index contributed by atoms with van der Waals surface area (Å²) in [6.07, 6.45) is 0.881. The SMILES string of the molecule is CN1CCOc2ccccc2C(=O)N[C@H](C(=O)NCCCc2ccccc2)CC(=O)N[C@@H](CCC(N)=O)C1=O. The van der Waals surface area contributed by atoms with Crippen molar-refractivity contribution in [2.24, 2.45) is 5.73 Å². The predicted octanol–water partition coefficient (Wildman–Crippen LogP) is 0.525. The summed E-state index contributed by atoms with van der Waals surface area (Å²) < 4.78 is 5.78. The number of ether oxygens (including phenoxy) is 1. The third-order valence-corrected chi connectivity index (χ3v) is 6.30. The lowest BCUT2D eigenvalue weighted by Crippen LogP contribution is -2.53. The van der Waals surface area contributed by atoms with E-state index in [1.54, 1.807) is 31.3 Å². The Balaban J connectivity index is 1.77. The molecule has 39 heavy (non-hydrogen) atoms. The molecular weight excluding hydrogens is 502 g/mol. The van der Waals surface area contributed by atoms with Crippen LogP contribution in [0.4, 0.5) is 0 Å². The van der Waals surface area contributed by atoms with Crippen molar-refractivity contribution in [3.63, 3.8) is 0 Å². The Morgan fingerprint density at radius 3 is 2.51 bits per heavy atom. The number of primary amides is 1. The highest BCUT2D eigenvalue weighted by Crippen LogP contribution is 2.18. The van der Waals surface area contributed by atoms with Crippen LogP contribution in [0, 0.1) is 0 Å². The Hall–Kier alpha value is -4.41. The van der Waals surface area contributed by atoms with Crippen LogP contribution < -0.4 is 26.4 Å². The fraction of sp³-hybridized carbons (Fsp3) is 0.393. The average Bonchev–Trinajstić information content (AvgIpc) is 2.92. The van der Waals surface area contributed by atoms with Crippen molar-refractivity contribution in [1.82, 2.24) is 20.9 Å². The van der Waals surface area contributed by atoms with Gasteiger partial charge in [-0.3, -0.25) is 24.0 Å². The van der Waals surface area contributed by atoms with Gasteiger partial charge in [0.2, 0.25) is 23.6 Å². The summed E-state index contributed by atoms with van der Waals surface area (Å²) in [4.78, 5) is 65.0. The van der Waals surface area contributed by atoms with Crippen LogP contribution in [-0.4, -0.2) is 73.3 Å². The molecule has 5 N–H and O–H groups in total. The molecule has 208 valence electrons. The van der Waals surface area contributed by atoms with Gasteiger partial charge >= 0.3 is 0 Å². The largest absolute Gasteiger partial charge is 0.491 e. The molecule has 0 aromatic heterocycles. The number of nitrogens with one attached hydrogen (secondary N) is 3. The maximum absolute atomic E-state index is 13.2. The van der Waals surface area contributed by atoms with Gasteiger partial charge in [-0.15, -0.1) is 0 Å². The number of nitrogens with zero attached hydrogens (tertiary/aromatic N) is 1. The number of hydrogen-bond donors (Lipinski definition) is 4. The van der Waals surface area contributed by atoms with E-state index in [0.29, 0.717) is 13.0 Å². The molecule has 2 atom stereocenters. The van der Waals surface area contributed by atoms with Gasteiger partial charge in [0.1, 0.15) is 24.4 Å². The second-order valence-corrected chi connectivity index (χ2v) is 9.34. The number of aryl methyl sites for hydroxylation is 1. The van der Waals surface area contributed by atoms with Gasteiger partial charge in [0.15, 0.2) is 0 Å². The summed E-state index contributed by atoms with van der Waals surface area (Å²) >= 11 is 0. The molecule has 0 saturated heterocycles. The Kier molecular flexibility index (Phi) is 10.8. The first-order chi connectivity index (χ1) is 18.7. The summed E-state index contributed by atoms with van der Waals surface area (Å²) in [6, 6.07) is 14.1. The van der Waals surface area contributed by atoms with Crippen molar-refractivity contribution in [2.75, 3.05) is 26.7 Å². The van der Waals surface area contributed by atoms with E-state index in [9.17, 15) is 24.0 Å². The van der Waals surface area contributed by atoms with Crippen LogP contribution in [-0.2, 0) is 25.6 Å². The molecule has 0 saturated carbocycles.